The Morgan fingerprint density at radius 1 is 1.50 bits per heavy atom. The van der Waals surface area contributed by atoms with Gasteiger partial charge in [0.05, 0.1) is 16.3 Å². The highest BCUT2D eigenvalue weighted by Crippen LogP contribution is 2.08. The molecule has 3 nitrogen and oxygen atoms in total. The molecule has 2 N–H and O–H groups in total. The minimum atomic E-state index is 0.428. The first kappa shape index (κ1) is 11.5. The molecule has 0 saturated carbocycles. The molecule has 1 aromatic heterocycles. The predicted octanol–water partition coefficient (Wildman–Crippen LogP) is 2.17. The molecular weight excluding hydrogens is 333 g/mol. The molecule has 16 heavy (non-hydrogen) atoms. The molecule has 2 aromatic rings. The van der Waals surface area contributed by atoms with Gasteiger partial charge < -0.3 is 5.73 Å². The zero-order chi connectivity index (χ0) is 11.5. The molecular formula is C11H10IN3S. The molecule has 1 aromatic carbocycles. The molecule has 82 valence electrons. The van der Waals surface area contributed by atoms with Crippen LogP contribution in [0.5, 0.6) is 0 Å². The maximum atomic E-state index is 5.59. The summed E-state index contributed by atoms with van der Waals surface area (Å²) in [6.45, 7) is 0.736. The van der Waals surface area contributed by atoms with Crippen molar-refractivity contribution in [2.24, 2.45) is 5.73 Å². The second-order valence-corrected chi connectivity index (χ2v) is 5.11. The van der Waals surface area contributed by atoms with Crippen molar-refractivity contribution in [1.29, 1.82) is 0 Å². The molecule has 0 spiro atoms. The average Bonchev–Trinajstić information content (AvgIpc) is 2.64. The molecule has 0 unspecified atom stereocenters. The van der Waals surface area contributed by atoms with Gasteiger partial charge in [0, 0.05) is 11.8 Å². The van der Waals surface area contributed by atoms with E-state index in [1.165, 1.54) is 0 Å². The number of benzene rings is 1. The van der Waals surface area contributed by atoms with Crippen LogP contribution in [0.25, 0.3) is 0 Å². The number of hydrogen-bond donors (Lipinski definition) is 1. The molecule has 0 saturated heterocycles. The first-order chi connectivity index (χ1) is 7.65. The van der Waals surface area contributed by atoms with Crippen LogP contribution in [0.3, 0.4) is 0 Å². The Balaban J connectivity index is 2.21. The van der Waals surface area contributed by atoms with E-state index in [-0.39, 0.29) is 0 Å². The Labute approximate surface area is 113 Å². The first-order valence-corrected chi connectivity index (χ1v) is 6.20. The highest BCUT2D eigenvalue weighted by molar-refractivity contribution is 14.1. The maximum absolute atomic E-state index is 5.59. The molecule has 0 fully saturated rings. The monoisotopic (exact) mass is 343 g/mol. The van der Waals surface area contributed by atoms with E-state index in [0.29, 0.717) is 4.99 Å². The quantitative estimate of drug-likeness (QED) is 0.686. The Morgan fingerprint density at radius 2 is 2.31 bits per heavy atom. The van der Waals surface area contributed by atoms with E-state index in [9.17, 15) is 0 Å². The topological polar surface area (TPSA) is 43.8 Å². The van der Waals surface area contributed by atoms with Crippen molar-refractivity contribution in [2.45, 2.75) is 6.54 Å². The van der Waals surface area contributed by atoms with Crippen LogP contribution in [0.1, 0.15) is 11.1 Å². The molecule has 0 bridgehead atoms. The first-order valence-electron chi connectivity index (χ1n) is 4.72. The van der Waals surface area contributed by atoms with Crippen molar-refractivity contribution in [3.63, 3.8) is 0 Å². The molecule has 5 heteroatoms. The number of rotatable bonds is 3. The van der Waals surface area contributed by atoms with Crippen molar-refractivity contribution in [2.75, 3.05) is 0 Å². The SMILES string of the molecule is NC(=S)c1cccc(Cn2cc(I)cn2)c1. The zero-order valence-electron chi connectivity index (χ0n) is 8.43. The number of aromatic nitrogens is 2. The third-order valence-electron chi connectivity index (χ3n) is 2.16. The van der Waals surface area contributed by atoms with Crippen LogP contribution >= 0.6 is 34.8 Å². The van der Waals surface area contributed by atoms with E-state index in [2.05, 4.69) is 27.7 Å². The van der Waals surface area contributed by atoms with Crippen molar-refractivity contribution in [3.8, 4) is 0 Å². The van der Waals surface area contributed by atoms with Crippen LogP contribution in [-0.4, -0.2) is 14.8 Å². The zero-order valence-corrected chi connectivity index (χ0v) is 11.4. The molecule has 0 atom stereocenters. The summed E-state index contributed by atoms with van der Waals surface area (Å²) < 4.78 is 3.02. The summed E-state index contributed by atoms with van der Waals surface area (Å²) in [6.07, 6.45) is 3.83. The minimum absolute atomic E-state index is 0.428. The fourth-order valence-corrected chi connectivity index (χ4v) is 2.01. The van der Waals surface area contributed by atoms with Crippen molar-refractivity contribution < 1.29 is 0 Å². The van der Waals surface area contributed by atoms with Gasteiger partial charge in [0.15, 0.2) is 0 Å². The van der Waals surface area contributed by atoms with Gasteiger partial charge in [-0.25, -0.2) is 0 Å². The number of thiocarbonyl (C=S) groups is 1. The third kappa shape index (κ3) is 2.79. The molecule has 0 radical (unpaired) electrons. The van der Waals surface area contributed by atoms with Crippen LogP contribution in [0.2, 0.25) is 0 Å². The molecule has 0 aliphatic rings. The van der Waals surface area contributed by atoms with Crippen molar-refractivity contribution in [3.05, 3.63) is 51.4 Å². The van der Waals surface area contributed by atoms with Gasteiger partial charge >= 0.3 is 0 Å². The van der Waals surface area contributed by atoms with E-state index in [4.69, 9.17) is 18.0 Å². The standard InChI is InChI=1S/C11H10IN3S/c12-10-5-14-15(7-10)6-8-2-1-3-9(4-8)11(13)16/h1-5,7H,6H2,(H2,13,16). The number of nitrogens with two attached hydrogens (primary N) is 1. The van der Waals surface area contributed by atoms with E-state index < -0.39 is 0 Å². The summed E-state index contributed by atoms with van der Waals surface area (Å²) in [6, 6.07) is 7.91. The summed E-state index contributed by atoms with van der Waals surface area (Å²) in [5, 5.41) is 4.23. The number of hydrogen-bond acceptors (Lipinski definition) is 2. The third-order valence-corrected chi connectivity index (χ3v) is 2.95. The molecule has 1 heterocycles. The fourth-order valence-electron chi connectivity index (χ4n) is 1.43. The Morgan fingerprint density at radius 3 is 2.94 bits per heavy atom. The molecule has 0 aliphatic heterocycles. The van der Waals surface area contributed by atoms with Crippen LogP contribution in [0.4, 0.5) is 0 Å². The van der Waals surface area contributed by atoms with Gasteiger partial charge in [-0.15, -0.1) is 0 Å². The van der Waals surface area contributed by atoms with Crippen molar-refractivity contribution in [1.82, 2.24) is 9.78 Å². The van der Waals surface area contributed by atoms with E-state index >= 15 is 0 Å². The van der Waals surface area contributed by atoms with Gasteiger partial charge in [0.25, 0.3) is 0 Å². The second-order valence-electron chi connectivity index (χ2n) is 3.42. The van der Waals surface area contributed by atoms with Gasteiger partial charge in [0.1, 0.15) is 4.99 Å². The predicted molar refractivity (Wildman–Crippen MR) is 76.4 cm³/mol. The average molecular weight is 343 g/mol. The largest absolute Gasteiger partial charge is 0.389 e. The lowest BCUT2D eigenvalue weighted by Crippen LogP contribution is -2.10. The Bertz CT molecular complexity index is 521. The van der Waals surface area contributed by atoms with Crippen LogP contribution in [0.15, 0.2) is 36.7 Å². The van der Waals surface area contributed by atoms with Crippen molar-refractivity contribution >= 4 is 39.8 Å². The van der Waals surface area contributed by atoms with E-state index in [1.54, 1.807) is 0 Å². The highest BCUT2D eigenvalue weighted by atomic mass is 127. The second kappa shape index (κ2) is 4.92. The molecule has 0 amide bonds. The van der Waals surface area contributed by atoms with E-state index in [0.717, 1.165) is 21.2 Å². The summed E-state index contributed by atoms with van der Waals surface area (Å²) >= 11 is 7.18. The molecule has 2 rings (SSSR count). The smallest absolute Gasteiger partial charge is 0.103 e. The summed E-state index contributed by atoms with van der Waals surface area (Å²) in [4.78, 5) is 0.428. The lowest BCUT2D eigenvalue weighted by Gasteiger charge is -2.04. The van der Waals surface area contributed by atoms with Gasteiger partial charge in [-0.3, -0.25) is 4.68 Å². The van der Waals surface area contributed by atoms with Gasteiger partial charge in [0.2, 0.25) is 0 Å². The molecule has 0 aliphatic carbocycles. The van der Waals surface area contributed by atoms with Gasteiger partial charge in [-0.1, -0.05) is 30.4 Å². The summed E-state index contributed by atoms with van der Waals surface area (Å²) in [7, 11) is 0. The number of halogens is 1. The fraction of sp³-hybridized carbons (Fsp3) is 0.0909. The Hall–Kier alpha value is -0.950. The maximum Gasteiger partial charge on any atom is 0.103 e. The summed E-state index contributed by atoms with van der Waals surface area (Å²) in [5.41, 5.74) is 7.63. The normalized spacial score (nSPS) is 10.3. The highest BCUT2D eigenvalue weighted by Gasteiger charge is 2.00. The van der Waals surface area contributed by atoms with Gasteiger partial charge in [-0.05, 0) is 34.2 Å². The lowest BCUT2D eigenvalue weighted by molar-refractivity contribution is 0.686. The van der Waals surface area contributed by atoms with E-state index in [1.807, 2.05) is 41.3 Å². The van der Waals surface area contributed by atoms with Crippen LogP contribution < -0.4 is 5.73 Å². The van der Waals surface area contributed by atoms with Crippen LogP contribution in [0, 0.1) is 3.57 Å². The lowest BCUT2D eigenvalue weighted by atomic mass is 10.1. The number of nitrogens with zero attached hydrogens (tertiary/aromatic N) is 2. The van der Waals surface area contributed by atoms with Crippen LogP contribution in [-0.2, 0) is 6.54 Å². The minimum Gasteiger partial charge on any atom is -0.389 e. The van der Waals surface area contributed by atoms with Gasteiger partial charge in [-0.2, -0.15) is 5.10 Å². The Kier molecular flexibility index (Phi) is 3.55. The summed E-state index contributed by atoms with van der Waals surface area (Å²) in [5.74, 6) is 0.